The van der Waals surface area contributed by atoms with Crippen molar-refractivity contribution in [3.05, 3.63) is 36.4 Å². The van der Waals surface area contributed by atoms with Crippen molar-refractivity contribution in [1.82, 2.24) is 14.8 Å². The molecule has 0 unspecified atom stereocenters. The van der Waals surface area contributed by atoms with Crippen LogP contribution in [0.2, 0.25) is 0 Å². The predicted molar refractivity (Wildman–Crippen MR) is 69.8 cm³/mol. The number of nitrogens with zero attached hydrogens (tertiary/aromatic N) is 3. The molecular weight excluding hydrogens is 270 g/mol. The molecule has 2 aromatic rings. The minimum Gasteiger partial charge on any atom is -0.486 e. The van der Waals surface area contributed by atoms with Crippen LogP contribution in [-0.2, 0) is 13.2 Å². The minimum atomic E-state index is -5.01. The van der Waals surface area contributed by atoms with Crippen LogP contribution in [0.25, 0.3) is 0 Å². The average Bonchev–Trinajstić information content (AvgIpc) is 2.84. The van der Waals surface area contributed by atoms with Crippen molar-refractivity contribution in [2.45, 2.75) is 26.5 Å². The van der Waals surface area contributed by atoms with E-state index in [-0.39, 0.29) is 12.4 Å². The third-order valence-electron chi connectivity index (χ3n) is 2.74. The lowest BCUT2D eigenvalue weighted by Gasteiger charge is -2.16. The first kappa shape index (κ1) is 14.4. The van der Waals surface area contributed by atoms with Crippen LogP contribution < -0.4 is 10.2 Å². The lowest BCUT2D eigenvalue weighted by atomic mass is 9.80. The highest BCUT2D eigenvalue weighted by molar-refractivity contribution is 6.73. The smallest absolute Gasteiger partial charge is 0.486 e. The van der Waals surface area contributed by atoms with Gasteiger partial charge in [-0.1, -0.05) is 19.1 Å². The first-order chi connectivity index (χ1) is 9.50. The lowest BCUT2D eigenvalue weighted by molar-refractivity contribution is 0.286. The topological polar surface area (TPSA) is 39.9 Å². The van der Waals surface area contributed by atoms with E-state index in [2.05, 4.69) is 10.1 Å². The lowest BCUT2D eigenvalue weighted by Crippen LogP contribution is -2.33. The van der Waals surface area contributed by atoms with Gasteiger partial charge in [-0.05, 0) is 18.6 Å². The molecule has 1 aromatic carbocycles. The molecule has 0 radical (unpaired) electrons. The Morgan fingerprint density at radius 2 is 2.10 bits per heavy atom. The molecule has 0 atom stereocenters. The Kier molecular flexibility index (Phi) is 4.31. The molecule has 8 heteroatoms. The highest BCUT2D eigenvalue weighted by atomic mass is 19.4. The maximum Gasteiger partial charge on any atom is 0.509 e. The van der Waals surface area contributed by atoms with Crippen LogP contribution in [-0.4, -0.2) is 21.7 Å². The van der Waals surface area contributed by atoms with Crippen molar-refractivity contribution in [1.29, 1.82) is 0 Å². The Morgan fingerprint density at radius 3 is 2.80 bits per heavy atom. The van der Waals surface area contributed by atoms with Crippen LogP contribution in [0.5, 0.6) is 5.75 Å². The SMILES string of the molecule is CCCn1ncnc1COc1cccc([B-](F)(F)F)c1. The summed E-state index contributed by atoms with van der Waals surface area (Å²) >= 11 is 0. The van der Waals surface area contributed by atoms with E-state index < -0.39 is 12.4 Å². The highest BCUT2D eigenvalue weighted by Gasteiger charge is 2.25. The van der Waals surface area contributed by atoms with E-state index in [9.17, 15) is 12.9 Å². The van der Waals surface area contributed by atoms with Crippen LogP contribution in [0.15, 0.2) is 30.6 Å². The second kappa shape index (κ2) is 5.98. The molecular formula is C12H14BF3N3O-. The van der Waals surface area contributed by atoms with E-state index in [4.69, 9.17) is 4.74 Å². The molecule has 0 saturated heterocycles. The summed E-state index contributed by atoms with van der Waals surface area (Å²) in [4.78, 5) is 4.03. The highest BCUT2D eigenvalue weighted by Crippen LogP contribution is 2.15. The van der Waals surface area contributed by atoms with E-state index in [0.717, 1.165) is 18.6 Å². The molecule has 0 bridgehead atoms. The summed E-state index contributed by atoms with van der Waals surface area (Å²) in [5, 5.41) is 4.02. The second-order valence-corrected chi connectivity index (χ2v) is 4.34. The van der Waals surface area contributed by atoms with Crippen molar-refractivity contribution in [3.63, 3.8) is 0 Å². The van der Waals surface area contributed by atoms with Gasteiger partial charge in [0.15, 0.2) is 5.82 Å². The maximum absolute atomic E-state index is 12.6. The fourth-order valence-corrected chi connectivity index (χ4v) is 1.75. The number of hydrogen-bond acceptors (Lipinski definition) is 3. The number of aromatic nitrogens is 3. The summed E-state index contributed by atoms with van der Waals surface area (Å²) in [7, 11) is 0. The Bertz CT molecular complexity index is 571. The van der Waals surface area contributed by atoms with Gasteiger partial charge in [-0.15, -0.1) is 5.46 Å². The summed E-state index contributed by atoms with van der Waals surface area (Å²) in [5.74, 6) is 0.766. The van der Waals surface area contributed by atoms with E-state index in [1.807, 2.05) is 6.92 Å². The van der Waals surface area contributed by atoms with Crippen molar-refractivity contribution in [2.24, 2.45) is 0 Å². The molecule has 0 saturated carbocycles. The Labute approximate surface area is 114 Å². The average molecular weight is 284 g/mol. The fraction of sp³-hybridized carbons (Fsp3) is 0.333. The molecule has 4 nitrogen and oxygen atoms in total. The second-order valence-electron chi connectivity index (χ2n) is 4.34. The van der Waals surface area contributed by atoms with Gasteiger partial charge in [0.1, 0.15) is 18.7 Å². The van der Waals surface area contributed by atoms with Gasteiger partial charge < -0.3 is 17.7 Å². The Balaban J connectivity index is 2.05. The predicted octanol–water partition coefficient (Wildman–Crippen LogP) is 2.32. The van der Waals surface area contributed by atoms with Gasteiger partial charge in [-0.25, -0.2) is 9.67 Å². The molecule has 2 rings (SSSR count). The van der Waals surface area contributed by atoms with Crippen LogP contribution in [0.4, 0.5) is 12.9 Å². The zero-order valence-electron chi connectivity index (χ0n) is 11.0. The monoisotopic (exact) mass is 284 g/mol. The number of rotatable bonds is 6. The van der Waals surface area contributed by atoms with Gasteiger partial charge in [-0.3, -0.25) is 0 Å². The van der Waals surface area contributed by atoms with Crippen molar-refractivity contribution in [3.8, 4) is 5.75 Å². The first-order valence-electron chi connectivity index (χ1n) is 6.30. The molecule has 0 spiro atoms. The summed E-state index contributed by atoms with van der Waals surface area (Å²) in [5.41, 5.74) is -0.669. The first-order valence-corrected chi connectivity index (χ1v) is 6.30. The van der Waals surface area contributed by atoms with Crippen molar-refractivity contribution >= 4 is 12.4 Å². The van der Waals surface area contributed by atoms with Gasteiger partial charge >= 0.3 is 6.98 Å². The fourth-order valence-electron chi connectivity index (χ4n) is 1.75. The molecule has 0 aliphatic carbocycles. The normalized spacial score (nSPS) is 11.6. The van der Waals surface area contributed by atoms with E-state index >= 15 is 0 Å². The molecule has 108 valence electrons. The number of benzene rings is 1. The number of aryl methyl sites for hydroxylation is 1. The van der Waals surface area contributed by atoms with Crippen molar-refractivity contribution < 1.29 is 17.7 Å². The van der Waals surface area contributed by atoms with E-state index in [0.29, 0.717) is 12.4 Å². The quantitative estimate of drug-likeness (QED) is 0.764. The zero-order chi connectivity index (χ0) is 14.6. The summed E-state index contributed by atoms with van der Waals surface area (Å²) < 4.78 is 44.9. The van der Waals surface area contributed by atoms with Crippen LogP contribution in [0.1, 0.15) is 19.2 Å². The van der Waals surface area contributed by atoms with E-state index in [1.54, 1.807) is 4.68 Å². The summed E-state index contributed by atoms with van der Waals surface area (Å²) in [6.45, 7) is -2.22. The van der Waals surface area contributed by atoms with Crippen LogP contribution in [0.3, 0.4) is 0 Å². The number of halogens is 3. The molecule has 0 N–H and O–H groups in total. The number of ether oxygens (including phenoxy) is 1. The molecule has 0 fully saturated rings. The standard InChI is InChI=1S/C12H14BF3N3O/c1-2-6-19-12(17-9-18-19)8-20-11-5-3-4-10(7-11)13(14,15)16/h3-5,7,9H,2,6,8H2,1H3/q-1. The zero-order valence-corrected chi connectivity index (χ0v) is 11.0. The largest absolute Gasteiger partial charge is 0.509 e. The minimum absolute atomic E-state index is 0.0916. The van der Waals surface area contributed by atoms with Gasteiger partial charge in [-0.2, -0.15) is 5.10 Å². The molecule has 1 heterocycles. The Hall–Kier alpha value is -1.99. The molecule has 1 aromatic heterocycles. The molecule has 20 heavy (non-hydrogen) atoms. The maximum atomic E-state index is 12.6. The molecule has 0 aliphatic heterocycles. The third-order valence-corrected chi connectivity index (χ3v) is 2.74. The van der Waals surface area contributed by atoms with Gasteiger partial charge in [0.2, 0.25) is 0 Å². The number of hydrogen-bond donors (Lipinski definition) is 0. The summed E-state index contributed by atoms with van der Waals surface area (Å²) in [6.07, 6.45) is 2.30. The van der Waals surface area contributed by atoms with Gasteiger partial charge in [0.25, 0.3) is 0 Å². The molecule has 0 aliphatic rings. The van der Waals surface area contributed by atoms with E-state index in [1.165, 1.54) is 18.5 Å². The van der Waals surface area contributed by atoms with Crippen molar-refractivity contribution in [2.75, 3.05) is 0 Å². The summed E-state index contributed by atoms with van der Waals surface area (Å²) in [6, 6.07) is 4.86. The van der Waals surface area contributed by atoms with Gasteiger partial charge in [0.05, 0.1) is 0 Å². The van der Waals surface area contributed by atoms with Gasteiger partial charge in [0, 0.05) is 6.54 Å². The Morgan fingerprint density at radius 1 is 1.30 bits per heavy atom. The third kappa shape index (κ3) is 3.52. The van der Waals surface area contributed by atoms with Crippen LogP contribution in [0, 0.1) is 0 Å². The van der Waals surface area contributed by atoms with Crippen LogP contribution >= 0.6 is 0 Å². The molecule has 0 amide bonds.